The van der Waals surface area contributed by atoms with E-state index in [9.17, 15) is 4.79 Å². The number of para-hydroxylation sites is 2. The normalized spacial score (nSPS) is 12.4. The number of fused-ring (bicyclic) bond motifs is 1. The van der Waals surface area contributed by atoms with E-state index in [1.807, 2.05) is 60.0 Å². The zero-order valence-corrected chi connectivity index (χ0v) is 16.6. The number of hydrogen-bond donors (Lipinski definition) is 1. The van der Waals surface area contributed by atoms with Crippen LogP contribution in [-0.4, -0.2) is 16.1 Å². The molecular weight excluding hydrogens is 334 g/mol. The lowest BCUT2D eigenvalue weighted by molar-refractivity contribution is -0.694. The van der Waals surface area contributed by atoms with Crippen molar-refractivity contribution >= 4 is 10.9 Å². The van der Waals surface area contributed by atoms with E-state index in [2.05, 4.69) is 19.2 Å². The summed E-state index contributed by atoms with van der Waals surface area (Å²) in [7, 11) is 0. The van der Waals surface area contributed by atoms with Crippen molar-refractivity contribution in [2.24, 2.45) is 0 Å². The quantitative estimate of drug-likeness (QED) is 0.616. The van der Waals surface area contributed by atoms with Gasteiger partial charge in [-0.15, -0.1) is 0 Å². The average molecular weight is 365 g/mol. The highest BCUT2D eigenvalue weighted by Crippen LogP contribution is 2.18. The molecule has 4 nitrogen and oxygen atoms in total. The highest BCUT2D eigenvalue weighted by molar-refractivity contribution is 5.78. The summed E-state index contributed by atoms with van der Waals surface area (Å²) in [6, 6.07) is 15.8. The van der Waals surface area contributed by atoms with E-state index in [1.54, 1.807) is 0 Å². The average Bonchev–Trinajstić information content (AvgIpc) is 2.68. The van der Waals surface area contributed by atoms with Crippen molar-refractivity contribution in [2.75, 3.05) is 6.54 Å². The number of quaternary nitrogens is 1. The first-order valence-electron chi connectivity index (χ1n) is 10.0. The Hall–Kier alpha value is -2.46. The zero-order valence-electron chi connectivity index (χ0n) is 16.6. The number of unbranched alkanes of at least 4 members (excludes halogenated alkanes) is 3. The van der Waals surface area contributed by atoms with Crippen LogP contribution in [0.4, 0.5) is 0 Å². The molecule has 1 aromatic heterocycles. The number of hydrogen-bond acceptors (Lipinski definition) is 2. The van der Waals surface area contributed by atoms with Crippen molar-refractivity contribution in [3.8, 4) is 5.69 Å². The van der Waals surface area contributed by atoms with E-state index in [0.29, 0.717) is 5.39 Å². The van der Waals surface area contributed by atoms with Crippen LogP contribution in [0, 0.1) is 6.92 Å². The van der Waals surface area contributed by atoms with Crippen LogP contribution >= 0.6 is 0 Å². The maximum atomic E-state index is 13.3. The Labute approximate surface area is 161 Å². The van der Waals surface area contributed by atoms with E-state index in [0.717, 1.165) is 29.1 Å². The number of aromatic nitrogens is 2. The molecule has 0 aliphatic carbocycles. The Morgan fingerprint density at radius 1 is 1.04 bits per heavy atom. The topological polar surface area (TPSA) is 51.5 Å². The van der Waals surface area contributed by atoms with E-state index in [-0.39, 0.29) is 11.6 Å². The first kappa shape index (κ1) is 19.3. The molecule has 1 atom stereocenters. The molecule has 0 aliphatic heterocycles. The van der Waals surface area contributed by atoms with Crippen LogP contribution in [0.5, 0.6) is 0 Å². The molecule has 0 saturated carbocycles. The highest BCUT2D eigenvalue weighted by Gasteiger charge is 2.20. The van der Waals surface area contributed by atoms with Crippen molar-refractivity contribution in [1.29, 1.82) is 0 Å². The molecular formula is C23H30N3O+. The molecule has 0 spiro atoms. The van der Waals surface area contributed by atoms with Gasteiger partial charge in [0.25, 0.3) is 5.56 Å². The zero-order chi connectivity index (χ0) is 19.2. The highest BCUT2D eigenvalue weighted by atomic mass is 16.1. The van der Waals surface area contributed by atoms with E-state index in [1.165, 1.54) is 25.7 Å². The Bertz CT molecular complexity index is 961. The molecule has 27 heavy (non-hydrogen) atoms. The summed E-state index contributed by atoms with van der Waals surface area (Å²) in [6.07, 6.45) is 4.98. The predicted molar refractivity (Wildman–Crippen MR) is 111 cm³/mol. The Morgan fingerprint density at radius 2 is 1.78 bits per heavy atom. The lowest BCUT2D eigenvalue weighted by Gasteiger charge is -2.18. The lowest BCUT2D eigenvalue weighted by atomic mass is 10.1. The Morgan fingerprint density at radius 3 is 2.56 bits per heavy atom. The van der Waals surface area contributed by atoms with Gasteiger partial charge in [0.1, 0.15) is 6.04 Å². The summed E-state index contributed by atoms with van der Waals surface area (Å²) in [5, 5.41) is 2.97. The summed E-state index contributed by atoms with van der Waals surface area (Å²) < 4.78 is 1.81. The van der Waals surface area contributed by atoms with E-state index < -0.39 is 0 Å². The molecule has 0 saturated heterocycles. The smallest absolute Gasteiger partial charge is 0.266 e. The van der Waals surface area contributed by atoms with E-state index >= 15 is 0 Å². The maximum absolute atomic E-state index is 13.3. The number of aryl methyl sites for hydroxylation is 1. The van der Waals surface area contributed by atoms with Crippen LogP contribution in [-0.2, 0) is 0 Å². The first-order valence-corrected chi connectivity index (χ1v) is 10.0. The third kappa shape index (κ3) is 4.28. The number of benzene rings is 2. The molecule has 0 amide bonds. The summed E-state index contributed by atoms with van der Waals surface area (Å²) in [5.74, 6) is 0.823. The van der Waals surface area contributed by atoms with Crippen LogP contribution in [0.15, 0.2) is 53.3 Å². The van der Waals surface area contributed by atoms with Crippen molar-refractivity contribution in [3.63, 3.8) is 0 Å². The maximum Gasteiger partial charge on any atom is 0.266 e. The molecule has 0 radical (unpaired) electrons. The summed E-state index contributed by atoms with van der Waals surface area (Å²) in [4.78, 5) is 18.2. The number of rotatable bonds is 8. The number of nitrogens with zero attached hydrogens (tertiary/aromatic N) is 2. The van der Waals surface area contributed by atoms with E-state index in [4.69, 9.17) is 4.98 Å². The molecule has 2 aromatic carbocycles. The second-order valence-corrected chi connectivity index (χ2v) is 7.29. The molecule has 3 aromatic rings. The van der Waals surface area contributed by atoms with Gasteiger partial charge in [-0.05, 0) is 50.5 Å². The minimum Gasteiger partial charge on any atom is -0.338 e. The molecule has 142 valence electrons. The fraction of sp³-hybridized carbons (Fsp3) is 0.391. The number of nitrogens with two attached hydrogens (primary N) is 1. The van der Waals surface area contributed by atoms with Crippen LogP contribution in [0.1, 0.15) is 57.0 Å². The molecule has 0 aliphatic rings. The Balaban J connectivity index is 2.03. The van der Waals surface area contributed by atoms with Crippen LogP contribution in [0.3, 0.4) is 0 Å². The molecule has 3 rings (SSSR count). The molecule has 1 heterocycles. The summed E-state index contributed by atoms with van der Waals surface area (Å²) in [6.45, 7) is 7.47. The fourth-order valence-corrected chi connectivity index (χ4v) is 3.55. The van der Waals surface area contributed by atoms with Gasteiger partial charge in [0.2, 0.25) is 0 Å². The van der Waals surface area contributed by atoms with Crippen LogP contribution in [0.2, 0.25) is 0 Å². The third-order valence-electron chi connectivity index (χ3n) is 5.14. The Kier molecular flexibility index (Phi) is 6.40. The fourth-order valence-electron chi connectivity index (χ4n) is 3.55. The molecule has 0 fully saturated rings. The van der Waals surface area contributed by atoms with Gasteiger partial charge < -0.3 is 5.32 Å². The minimum atomic E-state index is 0.0103. The van der Waals surface area contributed by atoms with Crippen molar-refractivity contribution in [2.45, 2.75) is 52.5 Å². The van der Waals surface area contributed by atoms with Crippen molar-refractivity contribution in [3.05, 3.63) is 70.3 Å². The van der Waals surface area contributed by atoms with Crippen molar-refractivity contribution < 1.29 is 5.32 Å². The van der Waals surface area contributed by atoms with Gasteiger partial charge in [-0.3, -0.25) is 9.36 Å². The first-order chi connectivity index (χ1) is 13.1. The second kappa shape index (κ2) is 8.96. The predicted octanol–water partition coefficient (Wildman–Crippen LogP) is 3.90. The standard InChI is InChI=1S/C23H29N3O/c1-4-5-6-11-16-24-18(3)22-25-20-14-9-8-13-19(20)23(27)26(22)21-15-10-7-12-17(21)2/h7-10,12-15,18,24H,4-6,11,16H2,1-3H3/p+1/t18-/m1/s1. The van der Waals surface area contributed by atoms with Gasteiger partial charge in [-0.25, -0.2) is 4.98 Å². The second-order valence-electron chi connectivity index (χ2n) is 7.29. The monoisotopic (exact) mass is 364 g/mol. The van der Waals surface area contributed by atoms with Gasteiger partial charge in [0.05, 0.1) is 23.1 Å². The van der Waals surface area contributed by atoms with Gasteiger partial charge >= 0.3 is 0 Å². The molecule has 2 N–H and O–H groups in total. The van der Waals surface area contributed by atoms with Crippen LogP contribution < -0.4 is 10.9 Å². The molecule has 0 bridgehead atoms. The third-order valence-corrected chi connectivity index (χ3v) is 5.14. The SMILES string of the molecule is CCCCCC[NH2+][C@H](C)c1nc2ccccc2c(=O)n1-c1ccccc1C. The molecule has 0 unspecified atom stereocenters. The summed E-state index contributed by atoms with van der Waals surface area (Å²) in [5.41, 5.74) is 2.78. The van der Waals surface area contributed by atoms with Gasteiger partial charge in [0.15, 0.2) is 5.82 Å². The van der Waals surface area contributed by atoms with Crippen molar-refractivity contribution in [1.82, 2.24) is 9.55 Å². The largest absolute Gasteiger partial charge is 0.338 e. The lowest BCUT2D eigenvalue weighted by Crippen LogP contribution is -2.85. The summed E-state index contributed by atoms with van der Waals surface area (Å²) >= 11 is 0. The van der Waals surface area contributed by atoms with Gasteiger partial charge in [-0.2, -0.15) is 0 Å². The van der Waals surface area contributed by atoms with Gasteiger partial charge in [-0.1, -0.05) is 50.1 Å². The van der Waals surface area contributed by atoms with Gasteiger partial charge in [0, 0.05) is 0 Å². The minimum absolute atomic E-state index is 0.0103. The molecule has 4 heteroatoms. The van der Waals surface area contributed by atoms with Crippen LogP contribution in [0.25, 0.3) is 16.6 Å².